The molecule has 2 rings (SSSR count). The van der Waals surface area contributed by atoms with Crippen molar-refractivity contribution in [2.75, 3.05) is 13.7 Å². The fraction of sp³-hybridized carbons (Fsp3) is 0.556. The van der Waals surface area contributed by atoms with Crippen LogP contribution in [0.4, 0.5) is 0 Å². The number of hydrogen-bond donors (Lipinski definition) is 1. The summed E-state index contributed by atoms with van der Waals surface area (Å²) in [5.41, 5.74) is 1.97. The van der Waals surface area contributed by atoms with Gasteiger partial charge >= 0.3 is 5.97 Å². The standard InChI is InChI=1S/C18H25NO4/c1-13-6-7-14(11-16(13)23-2)12-17(20)19-10-4-3-5-15(19)8-9-18(21)22/h6-7,11,15H,3-5,8-10,12H2,1-2H3,(H,21,22). The molecule has 1 N–H and O–H groups in total. The molecule has 1 aromatic rings. The quantitative estimate of drug-likeness (QED) is 0.875. The highest BCUT2D eigenvalue weighted by Gasteiger charge is 2.27. The molecule has 1 aliphatic rings. The van der Waals surface area contributed by atoms with Crippen molar-refractivity contribution in [3.63, 3.8) is 0 Å². The molecule has 23 heavy (non-hydrogen) atoms. The van der Waals surface area contributed by atoms with E-state index in [9.17, 15) is 9.59 Å². The highest BCUT2D eigenvalue weighted by molar-refractivity contribution is 5.79. The van der Waals surface area contributed by atoms with Crippen LogP contribution in [0.15, 0.2) is 18.2 Å². The molecule has 126 valence electrons. The summed E-state index contributed by atoms with van der Waals surface area (Å²) in [6.07, 6.45) is 3.94. The zero-order valence-corrected chi connectivity index (χ0v) is 13.9. The first kappa shape index (κ1) is 17.3. The zero-order chi connectivity index (χ0) is 16.8. The first-order valence-corrected chi connectivity index (χ1v) is 8.16. The van der Waals surface area contributed by atoms with Crippen LogP contribution in [-0.2, 0) is 16.0 Å². The van der Waals surface area contributed by atoms with Crippen molar-refractivity contribution in [3.8, 4) is 5.75 Å². The average molecular weight is 319 g/mol. The van der Waals surface area contributed by atoms with Gasteiger partial charge < -0.3 is 14.7 Å². The molecule has 0 spiro atoms. The molecule has 0 radical (unpaired) electrons. The number of ether oxygens (including phenoxy) is 1. The summed E-state index contributed by atoms with van der Waals surface area (Å²) in [6.45, 7) is 2.70. The van der Waals surface area contributed by atoms with Crippen molar-refractivity contribution in [2.24, 2.45) is 0 Å². The lowest BCUT2D eigenvalue weighted by Gasteiger charge is -2.36. The molecule has 1 unspecified atom stereocenters. The summed E-state index contributed by atoms with van der Waals surface area (Å²) in [7, 11) is 1.63. The second-order valence-electron chi connectivity index (χ2n) is 6.15. The normalized spacial score (nSPS) is 17.8. The van der Waals surface area contributed by atoms with Gasteiger partial charge in [-0.15, -0.1) is 0 Å². The van der Waals surface area contributed by atoms with Crippen LogP contribution in [0.25, 0.3) is 0 Å². The molecule has 0 saturated carbocycles. The van der Waals surface area contributed by atoms with Crippen molar-refractivity contribution in [1.82, 2.24) is 4.90 Å². The number of carbonyl (C=O) groups is 2. The largest absolute Gasteiger partial charge is 0.496 e. The SMILES string of the molecule is COc1cc(CC(=O)N2CCCCC2CCC(=O)O)ccc1C. The van der Waals surface area contributed by atoms with E-state index in [2.05, 4.69) is 0 Å². The van der Waals surface area contributed by atoms with Crippen LogP contribution in [0.5, 0.6) is 5.75 Å². The van der Waals surface area contributed by atoms with Gasteiger partial charge in [0.1, 0.15) is 5.75 Å². The third-order valence-electron chi connectivity index (χ3n) is 4.47. The van der Waals surface area contributed by atoms with Gasteiger partial charge in [-0.1, -0.05) is 12.1 Å². The monoisotopic (exact) mass is 319 g/mol. The predicted molar refractivity (Wildman–Crippen MR) is 87.7 cm³/mol. The predicted octanol–water partition coefficient (Wildman–Crippen LogP) is 2.79. The van der Waals surface area contributed by atoms with Crippen LogP contribution in [0.3, 0.4) is 0 Å². The number of aliphatic carboxylic acids is 1. The van der Waals surface area contributed by atoms with Crippen molar-refractivity contribution >= 4 is 11.9 Å². The first-order chi connectivity index (χ1) is 11.0. The van der Waals surface area contributed by atoms with E-state index in [0.717, 1.165) is 42.7 Å². The van der Waals surface area contributed by atoms with E-state index < -0.39 is 5.97 Å². The second kappa shape index (κ2) is 7.99. The minimum atomic E-state index is -0.800. The van der Waals surface area contributed by atoms with Gasteiger partial charge in [-0.2, -0.15) is 0 Å². The molecule has 1 amide bonds. The topological polar surface area (TPSA) is 66.8 Å². The highest BCUT2D eigenvalue weighted by atomic mass is 16.5. The Morgan fingerprint density at radius 2 is 2.13 bits per heavy atom. The Kier molecular flexibility index (Phi) is 6.02. The van der Waals surface area contributed by atoms with Crippen LogP contribution in [0, 0.1) is 6.92 Å². The Hall–Kier alpha value is -2.04. The van der Waals surface area contributed by atoms with Gasteiger partial charge in [-0.05, 0) is 49.8 Å². The number of piperidine rings is 1. The van der Waals surface area contributed by atoms with E-state index in [1.165, 1.54) is 0 Å². The third-order valence-corrected chi connectivity index (χ3v) is 4.47. The van der Waals surface area contributed by atoms with E-state index in [-0.39, 0.29) is 18.4 Å². The Labute approximate surface area is 137 Å². The Balaban J connectivity index is 2.03. The van der Waals surface area contributed by atoms with Gasteiger partial charge in [0.05, 0.1) is 13.5 Å². The zero-order valence-electron chi connectivity index (χ0n) is 13.9. The molecule has 5 heteroatoms. The van der Waals surface area contributed by atoms with Crippen LogP contribution < -0.4 is 4.74 Å². The van der Waals surface area contributed by atoms with Gasteiger partial charge in [0.2, 0.25) is 5.91 Å². The van der Waals surface area contributed by atoms with Gasteiger partial charge in [-0.3, -0.25) is 9.59 Å². The number of hydrogen-bond acceptors (Lipinski definition) is 3. The maximum absolute atomic E-state index is 12.6. The van der Waals surface area contributed by atoms with Gasteiger partial charge in [0, 0.05) is 19.0 Å². The minimum absolute atomic E-state index is 0.0553. The minimum Gasteiger partial charge on any atom is -0.496 e. The average Bonchev–Trinajstić information content (AvgIpc) is 2.54. The number of likely N-dealkylation sites (tertiary alicyclic amines) is 1. The number of carbonyl (C=O) groups excluding carboxylic acids is 1. The molecule has 1 heterocycles. The van der Waals surface area contributed by atoms with E-state index in [1.807, 2.05) is 30.0 Å². The van der Waals surface area contributed by atoms with Crippen LogP contribution in [-0.4, -0.2) is 41.6 Å². The summed E-state index contributed by atoms with van der Waals surface area (Å²) < 4.78 is 5.31. The highest BCUT2D eigenvalue weighted by Crippen LogP contribution is 2.24. The van der Waals surface area contributed by atoms with Crippen LogP contribution in [0.2, 0.25) is 0 Å². The summed E-state index contributed by atoms with van der Waals surface area (Å²) >= 11 is 0. The number of benzene rings is 1. The summed E-state index contributed by atoms with van der Waals surface area (Å²) in [6, 6.07) is 5.87. The molecule has 1 aromatic carbocycles. The molecule has 1 saturated heterocycles. The van der Waals surface area contributed by atoms with Gasteiger partial charge in [-0.25, -0.2) is 0 Å². The smallest absolute Gasteiger partial charge is 0.303 e. The molecule has 1 atom stereocenters. The maximum Gasteiger partial charge on any atom is 0.303 e. The molecular formula is C18H25NO4. The lowest BCUT2D eigenvalue weighted by molar-refractivity contribution is -0.139. The fourth-order valence-electron chi connectivity index (χ4n) is 3.17. The third kappa shape index (κ3) is 4.71. The number of carboxylic acid groups (broad SMARTS) is 1. The van der Waals surface area contributed by atoms with Gasteiger partial charge in [0.25, 0.3) is 0 Å². The van der Waals surface area contributed by atoms with E-state index in [4.69, 9.17) is 9.84 Å². The van der Waals surface area contributed by atoms with E-state index in [0.29, 0.717) is 12.8 Å². The Morgan fingerprint density at radius 1 is 1.35 bits per heavy atom. The maximum atomic E-state index is 12.6. The Morgan fingerprint density at radius 3 is 2.83 bits per heavy atom. The van der Waals surface area contributed by atoms with E-state index >= 15 is 0 Å². The number of methoxy groups -OCH3 is 1. The van der Waals surface area contributed by atoms with Crippen LogP contribution in [0.1, 0.15) is 43.2 Å². The van der Waals surface area contributed by atoms with Crippen molar-refractivity contribution in [1.29, 1.82) is 0 Å². The lowest BCUT2D eigenvalue weighted by Crippen LogP contribution is -2.44. The molecule has 1 aliphatic heterocycles. The molecule has 0 aliphatic carbocycles. The van der Waals surface area contributed by atoms with Crippen molar-refractivity contribution < 1.29 is 19.4 Å². The summed E-state index contributed by atoms with van der Waals surface area (Å²) in [4.78, 5) is 25.3. The second-order valence-corrected chi connectivity index (χ2v) is 6.15. The molecule has 0 bridgehead atoms. The van der Waals surface area contributed by atoms with Gasteiger partial charge in [0.15, 0.2) is 0 Å². The molecular weight excluding hydrogens is 294 g/mol. The number of amides is 1. The number of rotatable bonds is 6. The number of nitrogens with zero attached hydrogens (tertiary/aromatic N) is 1. The summed E-state index contributed by atoms with van der Waals surface area (Å²) in [5.74, 6) is 0.0635. The number of aryl methyl sites for hydroxylation is 1. The number of carboxylic acids is 1. The Bertz CT molecular complexity index is 570. The van der Waals surface area contributed by atoms with Crippen molar-refractivity contribution in [2.45, 2.75) is 51.5 Å². The first-order valence-electron chi connectivity index (χ1n) is 8.16. The lowest BCUT2D eigenvalue weighted by atomic mass is 9.97. The summed E-state index contributed by atoms with van der Waals surface area (Å²) in [5, 5.41) is 8.87. The van der Waals surface area contributed by atoms with E-state index in [1.54, 1.807) is 7.11 Å². The van der Waals surface area contributed by atoms with Crippen LogP contribution >= 0.6 is 0 Å². The van der Waals surface area contributed by atoms with Crippen molar-refractivity contribution in [3.05, 3.63) is 29.3 Å². The molecule has 1 fully saturated rings. The molecule has 5 nitrogen and oxygen atoms in total. The fourth-order valence-corrected chi connectivity index (χ4v) is 3.17. The molecule has 0 aromatic heterocycles.